The lowest BCUT2D eigenvalue weighted by molar-refractivity contribution is -0.108. The summed E-state index contributed by atoms with van der Waals surface area (Å²) < 4.78 is 23.3. The average molecular weight is 253 g/mol. The van der Waals surface area contributed by atoms with Crippen molar-refractivity contribution < 1.29 is 13.9 Å². The third kappa shape index (κ3) is 2.69. The van der Waals surface area contributed by atoms with Crippen molar-refractivity contribution in [2.75, 3.05) is 14.2 Å². The van der Waals surface area contributed by atoms with Gasteiger partial charge in [0.05, 0.1) is 0 Å². The van der Waals surface area contributed by atoms with E-state index in [9.17, 15) is 4.39 Å². The molecule has 0 saturated carbocycles. The lowest BCUT2D eigenvalue weighted by Crippen LogP contribution is -2.03. The smallest absolute Gasteiger partial charge is 0.201 e. The Morgan fingerprint density at radius 3 is 2.71 bits per heavy atom. The number of hydrogen-bond donors (Lipinski definition) is 0. The van der Waals surface area contributed by atoms with Crippen LogP contribution >= 0.6 is 11.3 Å². The van der Waals surface area contributed by atoms with Gasteiger partial charge in [0.2, 0.25) is 6.29 Å². The molecule has 1 heterocycles. The molecule has 0 saturated heterocycles. The van der Waals surface area contributed by atoms with Gasteiger partial charge in [0.25, 0.3) is 0 Å². The third-order valence-corrected chi connectivity index (χ3v) is 3.17. The van der Waals surface area contributed by atoms with Crippen LogP contribution in [0, 0.1) is 5.82 Å². The average Bonchev–Trinajstić information content (AvgIpc) is 2.80. The van der Waals surface area contributed by atoms with Gasteiger partial charge in [-0.25, -0.2) is 9.37 Å². The minimum atomic E-state index is -0.478. The predicted molar refractivity (Wildman–Crippen MR) is 64.3 cm³/mol. The molecule has 2 aromatic rings. The summed E-state index contributed by atoms with van der Waals surface area (Å²) in [7, 11) is 3.10. The van der Waals surface area contributed by atoms with Crippen molar-refractivity contribution in [2.24, 2.45) is 0 Å². The standard InChI is InChI=1S/C12H12FNO2S/c1-15-12(16-2)10-7-17-11(14-10)8-4-3-5-9(13)6-8/h3-7,12H,1-2H3. The highest BCUT2D eigenvalue weighted by Gasteiger charge is 2.14. The largest absolute Gasteiger partial charge is 0.350 e. The van der Waals surface area contributed by atoms with Crippen molar-refractivity contribution >= 4 is 11.3 Å². The molecule has 90 valence electrons. The van der Waals surface area contributed by atoms with E-state index in [1.54, 1.807) is 20.3 Å². The van der Waals surface area contributed by atoms with Gasteiger partial charge in [0, 0.05) is 25.2 Å². The van der Waals surface area contributed by atoms with Gasteiger partial charge in [-0.05, 0) is 12.1 Å². The van der Waals surface area contributed by atoms with Gasteiger partial charge >= 0.3 is 0 Å². The Morgan fingerprint density at radius 2 is 2.06 bits per heavy atom. The van der Waals surface area contributed by atoms with Crippen LogP contribution in [0.1, 0.15) is 12.0 Å². The Balaban J connectivity index is 2.29. The summed E-state index contributed by atoms with van der Waals surface area (Å²) in [6, 6.07) is 6.35. The van der Waals surface area contributed by atoms with Crippen LogP contribution in [0.5, 0.6) is 0 Å². The second kappa shape index (κ2) is 5.35. The number of thiazole rings is 1. The fourth-order valence-electron chi connectivity index (χ4n) is 1.49. The number of aromatic nitrogens is 1. The van der Waals surface area contributed by atoms with Crippen LogP contribution in [0.15, 0.2) is 29.6 Å². The Kier molecular flexibility index (Phi) is 3.83. The molecular weight excluding hydrogens is 241 g/mol. The van der Waals surface area contributed by atoms with Crippen molar-refractivity contribution in [1.82, 2.24) is 4.98 Å². The molecule has 0 aliphatic rings. The molecule has 0 unspecified atom stereocenters. The Labute approximate surface area is 103 Å². The summed E-state index contributed by atoms with van der Waals surface area (Å²) in [5.41, 5.74) is 1.45. The summed E-state index contributed by atoms with van der Waals surface area (Å²) in [5.74, 6) is -0.269. The van der Waals surface area contributed by atoms with E-state index in [1.165, 1.54) is 23.5 Å². The van der Waals surface area contributed by atoms with Gasteiger partial charge in [-0.3, -0.25) is 0 Å². The quantitative estimate of drug-likeness (QED) is 0.784. The molecule has 0 radical (unpaired) electrons. The Bertz CT molecular complexity index is 497. The number of nitrogens with zero attached hydrogens (tertiary/aromatic N) is 1. The fourth-order valence-corrected chi connectivity index (χ4v) is 2.30. The van der Waals surface area contributed by atoms with Gasteiger partial charge in [0.1, 0.15) is 16.5 Å². The van der Waals surface area contributed by atoms with Crippen LogP contribution in [0.3, 0.4) is 0 Å². The van der Waals surface area contributed by atoms with Crippen molar-refractivity contribution in [2.45, 2.75) is 6.29 Å². The zero-order chi connectivity index (χ0) is 12.3. The lowest BCUT2D eigenvalue weighted by Gasteiger charge is -2.09. The van der Waals surface area contributed by atoms with Crippen LogP contribution < -0.4 is 0 Å². The molecule has 0 N–H and O–H groups in total. The maximum absolute atomic E-state index is 13.1. The molecule has 1 aromatic carbocycles. The number of rotatable bonds is 4. The van der Waals surface area contributed by atoms with E-state index >= 15 is 0 Å². The van der Waals surface area contributed by atoms with Crippen LogP contribution in [0.2, 0.25) is 0 Å². The van der Waals surface area contributed by atoms with Gasteiger partial charge in [0.15, 0.2) is 0 Å². The maximum Gasteiger partial charge on any atom is 0.201 e. The zero-order valence-electron chi connectivity index (χ0n) is 9.51. The second-order valence-corrected chi connectivity index (χ2v) is 4.25. The molecule has 0 atom stereocenters. The number of ether oxygens (including phenoxy) is 2. The van der Waals surface area contributed by atoms with Gasteiger partial charge < -0.3 is 9.47 Å². The Hall–Kier alpha value is -1.30. The molecule has 0 fully saturated rings. The van der Waals surface area contributed by atoms with E-state index in [4.69, 9.17) is 9.47 Å². The first-order valence-corrected chi connectivity index (χ1v) is 5.89. The van der Waals surface area contributed by atoms with Crippen LogP contribution in [-0.2, 0) is 9.47 Å². The molecular formula is C12H12FNO2S. The zero-order valence-corrected chi connectivity index (χ0v) is 10.3. The summed E-state index contributed by atoms with van der Waals surface area (Å²) in [4.78, 5) is 4.37. The normalized spacial score (nSPS) is 11.1. The monoisotopic (exact) mass is 253 g/mol. The van der Waals surface area contributed by atoms with Crippen molar-refractivity contribution in [3.8, 4) is 10.6 Å². The lowest BCUT2D eigenvalue weighted by atomic mass is 10.2. The summed E-state index contributed by atoms with van der Waals surface area (Å²) in [5, 5.41) is 2.59. The summed E-state index contributed by atoms with van der Waals surface area (Å²) in [6.45, 7) is 0. The molecule has 2 rings (SSSR count). The molecule has 1 aromatic heterocycles. The highest BCUT2D eigenvalue weighted by Crippen LogP contribution is 2.27. The van der Waals surface area contributed by atoms with Crippen LogP contribution in [0.4, 0.5) is 4.39 Å². The van der Waals surface area contributed by atoms with E-state index in [1.807, 2.05) is 11.4 Å². The molecule has 3 nitrogen and oxygen atoms in total. The summed E-state index contributed by atoms with van der Waals surface area (Å²) in [6.07, 6.45) is -0.478. The number of methoxy groups -OCH3 is 2. The first-order valence-electron chi connectivity index (χ1n) is 5.01. The van der Waals surface area contributed by atoms with Crippen molar-refractivity contribution in [3.05, 3.63) is 41.2 Å². The Morgan fingerprint density at radius 1 is 1.29 bits per heavy atom. The second-order valence-electron chi connectivity index (χ2n) is 3.39. The predicted octanol–water partition coefficient (Wildman–Crippen LogP) is 3.24. The molecule has 0 bridgehead atoms. The number of benzene rings is 1. The highest BCUT2D eigenvalue weighted by molar-refractivity contribution is 7.13. The van der Waals surface area contributed by atoms with Crippen LogP contribution in [0.25, 0.3) is 10.6 Å². The number of hydrogen-bond acceptors (Lipinski definition) is 4. The van der Waals surface area contributed by atoms with Crippen LogP contribution in [-0.4, -0.2) is 19.2 Å². The van der Waals surface area contributed by atoms with Gasteiger partial charge in [-0.1, -0.05) is 12.1 Å². The van der Waals surface area contributed by atoms with E-state index in [2.05, 4.69) is 4.98 Å². The minimum Gasteiger partial charge on any atom is -0.350 e. The SMILES string of the molecule is COC(OC)c1csc(-c2cccc(F)c2)n1. The molecule has 0 spiro atoms. The highest BCUT2D eigenvalue weighted by atomic mass is 32.1. The van der Waals surface area contributed by atoms with E-state index in [-0.39, 0.29) is 5.82 Å². The fraction of sp³-hybridized carbons (Fsp3) is 0.250. The maximum atomic E-state index is 13.1. The first kappa shape index (κ1) is 12.2. The molecule has 0 aliphatic heterocycles. The van der Waals surface area contributed by atoms with Crippen molar-refractivity contribution in [1.29, 1.82) is 0 Å². The first-order chi connectivity index (χ1) is 8.24. The molecule has 0 amide bonds. The number of halogens is 1. The van der Waals surface area contributed by atoms with Gasteiger partial charge in [-0.2, -0.15) is 0 Å². The van der Waals surface area contributed by atoms with E-state index < -0.39 is 6.29 Å². The molecule has 17 heavy (non-hydrogen) atoms. The molecule has 0 aliphatic carbocycles. The van der Waals surface area contributed by atoms with Gasteiger partial charge in [-0.15, -0.1) is 11.3 Å². The van der Waals surface area contributed by atoms with E-state index in [0.29, 0.717) is 5.69 Å². The topological polar surface area (TPSA) is 31.4 Å². The van der Waals surface area contributed by atoms with Crippen molar-refractivity contribution in [3.63, 3.8) is 0 Å². The summed E-state index contributed by atoms with van der Waals surface area (Å²) >= 11 is 1.43. The molecule has 5 heteroatoms. The third-order valence-electron chi connectivity index (χ3n) is 2.26. The van der Waals surface area contributed by atoms with E-state index in [0.717, 1.165) is 10.6 Å². The minimum absolute atomic E-state index is 0.269.